The van der Waals surface area contributed by atoms with E-state index in [0.717, 1.165) is 4.90 Å². The second-order valence-electron chi connectivity index (χ2n) is 5.85. The average molecular weight is 398 g/mol. The normalized spacial score (nSPS) is 12.1. The standard InChI is InChI=1S/C21H19NO3S2/c1-3-9-15(2)27(24,25)22-19-14-20(26-16-10-5-4-6-11-16)21(23)18-13-8-7-12-17(18)19/h3-14,22-23H,1H2,2H3/b15-9+. The number of aromatic hydroxyl groups is 1. The van der Waals surface area contributed by atoms with Gasteiger partial charge in [0.2, 0.25) is 0 Å². The third kappa shape index (κ3) is 4.18. The third-order valence-electron chi connectivity index (χ3n) is 3.97. The van der Waals surface area contributed by atoms with Gasteiger partial charge in [-0.2, -0.15) is 0 Å². The van der Waals surface area contributed by atoms with Crippen molar-refractivity contribution in [1.82, 2.24) is 0 Å². The van der Waals surface area contributed by atoms with Crippen molar-refractivity contribution in [2.45, 2.75) is 16.7 Å². The Morgan fingerprint density at radius 3 is 2.37 bits per heavy atom. The lowest BCUT2D eigenvalue weighted by atomic mass is 10.1. The minimum Gasteiger partial charge on any atom is -0.506 e. The Morgan fingerprint density at radius 1 is 1.07 bits per heavy atom. The quantitative estimate of drug-likeness (QED) is 0.424. The van der Waals surface area contributed by atoms with Crippen molar-refractivity contribution in [2.75, 3.05) is 4.72 Å². The van der Waals surface area contributed by atoms with Crippen LogP contribution < -0.4 is 4.72 Å². The number of fused-ring (bicyclic) bond motifs is 1. The average Bonchev–Trinajstić information content (AvgIpc) is 2.66. The predicted octanol–water partition coefficient (Wildman–Crippen LogP) is 5.53. The van der Waals surface area contributed by atoms with E-state index >= 15 is 0 Å². The Kier molecular flexibility index (Phi) is 5.58. The monoisotopic (exact) mass is 397 g/mol. The van der Waals surface area contributed by atoms with Gasteiger partial charge in [-0.05, 0) is 31.2 Å². The van der Waals surface area contributed by atoms with Gasteiger partial charge in [0.05, 0.1) is 15.5 Å². The van der Waals surface area contributed by atoms with Crippen LogP contribution in [0.3, 0.4) is 0 Å². The summed E-state index contributed by atoms with van der Waals surface area (Å²) in [7, 11) is -3.72. The molecule has 0 saturated carbocycles. The number of hydrogen-bond donors (Lipinski definition) is 2. The van der Waals surface area contributed by atoms with Crippen molar-refractivity contribution in [3.05, 3.63) is 84.3 Å². The van der Waals surface area contributed by atoms with Gasteiger partial charge in [0.25, 0.3) is 10.0 Å². The van der Waals surface area contributed by atoms with E-state index in [4.69, 9.17) is 0 Å². The summed E-state index contributed by atoms with van der Waals surface area (Å²) < 4.78 is 27.8. The second-order valence-corrected chi connectivity index (χ2v) is 8.82. The van der Waals surface area contributed by atoms with Gasteiger partial charge in [-0.3, -0.25) is 4.72 Å². The van der Waals surface area contributed by atoms with Crippen molar-refractivity contribution in [3.63, 3.8) is 0 Å². The van der Waals surface area contributed by atoms with Crippen molar-refractivity contribution < 1.29 is 13.5 Å². The smallest absolute Gasteiger partial charge is 0.257 e. The number of phenols is 1. The predicted molar refractivity (Wildman–Crippen MR) is 113 cm³/mol. The molecule has 4 nitrogen and oxygen atoms in total. The fraction of sp³-hybridized carbons (Fsp3) is 0.0476. The molecular weight excluding hydrogens is 378 g/mol. The molecule has 3 rings (SSSR count). The van der Waals surface area contributed by atoms with E-state index in [1.165, 1.54) is 30.8 Å². The van der Waals surface area contributed by atoms with E-state index in [1.807, 2.05) is 30.3 Å². The molecule has 6 heteroatoms. The van der Waals surface area contributed by atoms with Crippen molar-refractivity contribution in [2.24, 2.45) is 0 Å². The summed E-state index contributed by atoms with van der Waals surface area (Å²) in [5.41, 5.74) is 0.415. The Bertz CT molecular complexity index is 1120. The molecule has 0 amide bonds. The number of phenolic OH excluding ortho intramolecular Hbond substituents is 1. The van der Waals surface area contributed by atoms with E-state index in [1.54, 1.807) is 30.3 Å². The van der Waals surface area contributed by atoms with Gasteiger partial charge < -0.3 is 5.11 Å². The zero-order valence-corrected chi connectivity index (χ0v) is 16.3. The number of allylic oxidation sites excluding steroid dienone is 3. The maximum absolute atomic E-state index is 12.6. The minimum atomic E-state index is -3.72. The third-order valence-corrected chi connectivity index (χ3v) is 6.48. The molecule has 0 atom stereocenters. The molecule has 138 valence electrons. The number of rotatable bonds is 6. The van der Waals surface area contributed by atoms with Gasteiger partial charge in [-0.1, -0.05) is 66.9 Å². The molecule has 0 aliphatic carbocycles. The largest absolute Gasteiger partial charge is 0.506 e. The molecule has 0 aromatic heterocycles. The first-order chi connectivity index (χ1) is 12.9. The van der Waals surface area contributed by atoms with Gasteiger partial charge in [0, 0.05) is 15.7 Å². The SMILES string of the molecule is C=C/C=C(\C)S(=O)(=O)Nc1cc(Sc2ccccc2)c(O)c2ccccc12. The fourth-order valence-corrected chi connectivity index (χ4v) is 4.42. The number of benzene rings is 3. The van der Waals surface area contributed by atoms with Gasteiger partial charge in [-0.15, -0.1) is 0 Å². The van der Waals surface area contributed by atoms with Crippen LogP contribution in [0.1, 0.15) is 6.92 Å². The molecule has 0 aliphatic rings. The van der Waals surface area contributed by atoms with Crippen LogP contribution in [0.2, 0.25) is 0 Å². The van der Waals surface area contributed by atoms with Crippen LogP contribution in [0.4, 0.5) is 5.69 Å². The number of anilines is 1. The van der Waals surface area contributed by atoms with E-state index in [2.05, 4.69) is 11.3 Å². The number of hydrogen-bond acceptors (Lipinski definition) is 4. The summed E-state index contributed by atoms with van der Waals surface area (Å²) in [6.45, 7) is 5.04. The Morgan fingerprint density at radius 2 is 1.70 bits per heavy atom. The van der Waals surface area contributed by atoms with E-state index in [9.17, 15) is 13.5 Å². The molecule has 0 spiro atoms. The van der Waals surface area contributed by atoms with E-state index < -0.39 is 10.0 Å². The maximum atomic E-state index is 12.6. The second kappa shape index (κ2) is 7.90. The molecule has 2 N–H and O–H groups in total. The van der Waals surface area contributed by atoms with Gasteiger partial charge in [0.1, 0.15) is 5.75 Å². The molecule has 27 heavy (non-hydrogen) atoms. The van der Waals surface area contributed by atoms with Crippen LogP contribution in [0.25, 0.3) is 10.8 Å². The molecule has 0 unspecified atom stereocenters. The zero-order chi connectivity index (χ0) is 19.4. The molecule has 0 aliphatic heterocycles. The topological polar surface area (TPSA) is 66.4 Å². The Balaban J connectivity index is 2.13. The lowest BCUT2D eigenvalue weighted by Gasteiger charge is -2.15. The first-order valence-corrected chi connectivity index (χ1v) is 10.5. The highest BCUT2D eigenvalue weighted by Crippen LogP contribution is 2.42. The molecule has 0 heterocycles. The maximum Gasteiger partial charge on any atom is 0.257 e. The van der Waals surface area contributed by atoms with Gasteiger partial charge >= 0.3 is 0 Å². The first-order valence-electron chi connectivity index (χ1n) is 8.22. The molecule has 3 aromatic rings. The van der Waals surface area contributed by atoms with Crippen LogP contribution in [0.15, 0.2) is 94.1 Å². The van der Waals surface area contributed by atoms with E-state index in [-0.39, 0.29) is 10.7 Å². The van der Waals surface area contributed by atoms with Gasteiger partial charge in [-0.25, -0.2) is 8.42 Å². The van der Waals surface area contributed by atoms with E-state index in [0.29, 0.717) is 21.4 Å². The summed E-state index contributed by atoms with van der Waals surface area (Å²) in [4.78, 5) is 1.68. The first kappa shape index (κ1) is 19.1. The summed E-state index contributed by atoms with van der Waals surface area (Å²) in [6.07, 6.45) is 2.87. The molecule has 0 saturated heterocycles. The van der Waals surface area contributed by atoms with Crippen molar-refractivity contribution >= 4 is 38.2 Å². The lowest BCUT2D eigenvalue weighted by Crippen LogP contribution is -2.13. The lowest BCUT2D eigenvalue weighted by molar-refractivity contribution is 0.469. The molecular formula is C21H19NO3S2. The highest BCUT2D eigenvalue weighted by Gasteiger charge is 2.18. The van der Waals surface area contributed by atoms with Crippen LogP contribution in [-0.4, -0.2) is 13.5 Å². The summed E-state index contributed by atoms with van der Waals surface area (Å²) >= 11 is 1.37. The number of nitrogens with one attached hydrogen (secondary N) is 1. The molecule has 0 fully saturated rings. The summed E-state index contributed by atoms with van der Waals surface area (Å²) in [5, 5.41) is 11.9. The summed E-state index contributed by atoms with van der Waals surface area (Å²) in [6, 6.07) is 18.4. The number of sulfonamides is 1. The van der Waals surface area contributed by atoms with Crippen LogP contribution in [-0.2, 0) is 10.0 Å². The van der Waals surface area contributed by atoms with Crippen molar-refractivity contribution in [1.29, 1.82) is 0 Å². The van der Waals surface area contributed by atoms with Crippen molar-refractivity contribution in [3.8, 4) is 5.75 Å². The highest BCUT2D eigenvalue weighted by atomic mass is 32.2. The minimum absolute atomic E-state index is 0.126. The molecule has 3 aromatic carbocycles. The Labute approximate surface area is 163 Å². The molecule has 0 bridgehead atoms. The van der Waals surface area contributed by atoms with Crippen LogP contribution in [0.5, 0.6) is 5.75 Å². The summed E-state index contributed by atoms with van der Waals surface area (Å²) in [5.74, 6) is 0.126. The van der Waals surface area contributed by atoms with Crippen LogP contribution >= 0.6 is 11.8 Å². The Hall–Kier alpha value is -2.70. The molecule has 0 radical (unpaired) electrons. The fourth-order valence-electron chi connectivity index (χ4n) is 2.59. The zero-order valence-electron chi connectivity index (χ0n) is 14.7. The highest BCUT2D eigenvalue weighted by molar-refractivity contribution is 7.99. The van der Waals surface area contributed by atoms with Crippen LogP contribution in [0, 0.1) is 0 Å². The van der Waals surface area contributed by atoms with Gasteiger partial charge in [0.15, 0.2) is 0 Å².